The van der Waals surface area contributed by atoms with Crippen molar-refractivity contribution in [1.29, 1.82) is 0 Å². The summed E-state index contributed by atoms with van der Waals surface area (Å²) in [6, 6.07) is 0. The lowest BCUT2D eigenvalue weighted by Gasteiger charge is -2.14. The first-order valence-corrected chi connectivity index (χ1v) is 6.85. The van der Waals surface area contributed by atoms with E-state index in [1.54, 1.807) is 6.92 Å². The molecule has 0 aliphatic rings. The van der Waals surface area contributed by atoms with Crippen molar-refractivity contribution in [1.82, 2.24) is 5.32 Å². The van der Waals surface area contributed by atoms with E-state index in [4.69, 9.17) is 4.52 Å². The molecule has 0 saturated carbocycles. The zero-order valence-electron chi connectivity index (χ0n) is 11.3. The summed E-state index contributed by atoms with van der Waals surface area (Å²) >= 11 is 0. The lowest BCUT2D eigenvalue weighted by atomic mass is 10.4. The Morgan fingerprint density at radius 1 is 1.26 bits per heavy atom. The molecule has 0 radical (unpaired) electrons. The highest BCUT2D eigenvalue weighted by Crippen LogP contribution is 2.49. The predicted molar refractivity (Wildman–Crippen MR) is 66.1 cm³/mol. The lowest BCUT2D eigenvalue weighted by molar-refractivity contribution is -0.143. The molecule has 0 atom stereocenters. The van der Waals surface area contributed by atoms with Crippen LogP contribution in [0.5, 0.6) is 0 Å². The number of phosphoric acid groups is 1. The molecular weight excluding hydrogens is 277 g/mol. The van der Waals surface area contributed by atoms with Crippen molar-refractivity contribution in [2.24, 2.45) is 0 Å². The van der Waals surface area contributed by atoms with Gasteiger partial charge in [-0.25, -0.2) is 4.57 Å². The minimum absolute atomic E-state index is 0.0217. The predicted octanol–water partition coefficient (Wildman–Crippen LogP) is 0.987. The second-order valence-corrected chi connectivity index (χ2v) is 4.99. The summed E-state index contributed by atoms with van der Waals surface area (Å²) in [5.74, 6) is -1.13. The molecule has 8 nitrogen and oxygen atoms in total. The molecule has 19 heavy (non-hydrogen) atoms. The normalized spacial score (nSPS) is 11.9. The third-order valence-corrected chi connectivity index (χ3v) is 3.16. The monoisotopic (exact) mass is 295 g/mol. The Kier molecular flexibility index (Phi) is 8.06. The number of phosphoric ester groups is 1. The summed E-state index contributed by atoms with van der Waals surface area (Å²) in [4.78, 5) is 22.4. The van der Waals surface area contributed by atoms with Crippen LogP contribution in [0, 0.1) is 0 Å². The third kappa shape index (κ3) is 7.61. The van der Waals surface area contributed by atoms with E-state index in [9.17, 15) is 14.2 Å². The molecule has 1 N–H and O–H groups in total. The Bertz CT molecular complexity index is 385. The molecule has 0 aliphatic carbocycles. The zero-order chi connectivity index (χ0) is 14.9. The molecule has 9 heteroatoms. The summed E-state index contributed by atoms with van der Waals surface area (Å²) in [5, 5.41) is 2.28. The van der Waals surface area contributed by atoms with Gasteiger partial charge in [-0.1, -0.05) is 0 Å². The van der Waals surface area contributed by atoms with Gasteiger partial charge in [-0.05, 0) is 13.8 Å². The minimum Gasteiger partial charge on any atom is -0.465 e. The number of allylic oxidation sites excluding steroid dienone is 1. The zero-order valence-corrected chi connectivity index (χ0v) is 12.2. The fourth-order valence-corrected chi connectivity index (χ4v) is 1.66. The number of amides is 1. The van der Waals surface area contributed by atoms with Gasteiger partial charge in [0.05, 0.1) is 6.61 Å². The largest absolute Gasteiger partial charge is 0.529 e. The van der Waals surface area contributed by atoms with E-state index < -0.39 is 19.7 Å². The van der Waals surface area contributed by atoms with Crippen molar-refractivity contribution in [3.63, 3.8) is 0 Å². The molecule has 110 valence electrons. The smallest absolute Gasteiger partial charge is 0.465 e. The van der Waals surface area contributed by atoms with Crippen LogP contribution in [-0.2, 0) is 32.5 Å². The van der Waals surface area contributed by atoms with Crippen molar-refractivity contribution >= 4 is 19.7 Å². The van der Waals surface area contributed by atoms with E-state index in [0.29, 0.717) is 0 Å². The van der Waals surface area contributed by atoms with E-state index in [1.807, 2.05) is 0 Å². The van der Waals surface area contributed by atoms with Crippen LogP contribution in [0.25, 0.3) is 0 Å². The average Bonchev–Trinajstić information content (AvgIpc) is 2.36. The number of rotatable bonds is 8. The molecular formula is C10H18NO7P. The van der Waals surface area contributed by atoms with Gasteiger partial charge < -0.3 is 14.6 Å². The Balaban J connectivity index is 4.32. The second-order valence-electron chi connectivity index (χ2n) is 3.18. The van der Waals surface area contributed by atoms with Crippen LogP contribution in [0.3, 0.4) is 0 Å². The number of carbonyl (C=O) groups is 2. The summed E-state index contributed by atoms with van der Waals surface area (Å²) in [6.45, 7) is 3.03. The topological polar surface area (TPSA) is 100 Å². The second kappa shape index (κ2) is 8.68. The molecule has 0 aliphatic heterocycles. The average molecular weight is 295 g/mol. The van der Waals surface area contributed by atoms with Crippen LogP contribution >= 0.6 is 7.82 Å². The highest BCUT2D eigenvalue weighted by Gasteiger charge is 2.24. The van der Waals surface area contributed by atoms with E-state index in [2.05, 4.69) is 19.1 Å². The van der Waals surface area contributed by atoms with Crippen molar-refractivity contribution in [3.8, 4) is 0 Å². The van der Waals surface area contributed by atoms with E-state index >= 15 is 0 Å². The molecule has 0 rings (SSSR count). The summed E-state index contributed by atoms with van der Waals surface area (Å²) in [5.41, 5.74) is 0. The molecule has 0 fully saturated rings. The van der Waals surface area contributed by atoms with Gasteiger partial charge in [-0.2, -0.15) is 0 Å². The van der Waals surface area contributed by atoms with Gasteiger partial charge in [-0.3, -0.25) is 18.6 Å². The summed E-state index contributed by atoms with van der Waals surface area (Å²) < 4.78 is 30.1. The van der Waals surface area contributed by atoms with Crippen molar-refractivity contribution in [2.75, 3.05) is 27.4 Å². The van der Waals surface area contributed by atoms with Gasteiger partial charge in [0.2, 0.25) is 5.91 Å². The SMILES string of the molecule is CCOC(=O)CNC(=O)/C=C(/C)OP(=O)(OC)OC. The third-order valence-electron chi connectivity index (χ3n) is 1.75. The van der Waals surface area contributed by atoms with Gasteiger partial charge in [-0.15, -0.1) is 0 Å². The van der Waals surface area contributed by atoms with Gasteiger partial charge in [0.15, 0.2) is 0 Å². The fraction of sp³-hybridized carbons (Fsp3) is 0.600. The Morgan fingerprint density at radius 3 is 2.32 bits per heavy atom. The Labute approximate surface area is 111 Å². The molecule has 0 aromatic rings. The van der Waals surface area contributed by atoms with Crippen LogP contribution in [0.4, 0.5) is 0 Å². The maximum Gasteiger partial charge on any atom is 0.529 e. The van der Waals surface area contributed by atoms with E-state index in [1.165, 1.54) is 6.92 Å². The number of nitrogens with one attached hydrogen (secondary N) is 1. The first-order valence-electron chi connectivity index (χ1n) is 5.39. The Hall–Kier alpha value is -1.37. The van der Waals surface area contributed by atoms with Gasteiger partial charge in [0, 0.05) is 20.3 Å². The van der Waals surface area contributed by atoms with Crippen molar-refractivity contribution in [3.05, 3.63) is 11.8 Å². The van der Waals surface area contributed by atoms with Gasteiger partial charge in [0.25, 0.3) is 0 Å². The molecule has 1 amide bonds. The summed E-state index contributed by atoms with van der Waals surface area (Å²) in [7, 11) is -1.38. The van der Waals surface area contributed by atoms with Crippen LogP contribution in [0.15, 0.2) is 11.8 Å². The molecule has 0 spiro atoms. The number of esters is 1. The molecule has 0 bridgehead atoms. The molecule has 0 heterocycles. The maximum atomic E-state index is 11.6. The highest BCUT2D eigenvalue weighted by atomic mass is 31.2. The highest BCUT2D eigenvalue weighted by molar-refractivity contribution is 7.48. The number of carbonyl (C=O) groups excluding carboxylic acids is 2. The van der Waals surface area contributed by atoms with E-state index in [-0.39, 0.29) is 18.9 Å². The van der Waals surface area contributed by atoms with Gasteiger partial charge in [0.1, 0.15) is 12.3 Å². The van der Waals surface area contributed by atoms with Crippen LogP contribution in [0.1, 0.15) is 13.8 Å². The number of hydrogen-bond acceptors (Lipinski definition) is 7. The fourth-order valence-electron chi connectivity index (χ4n) is 0.959. The first kappa shape index (κ1) is 17.6. The first-order chi connectivity index (χ1) is 8.86. The van der Waals surface area contributed by atoms with Crippen LogP contribution in [-0.4, -0.2) is 39.2 Å². The molecule has 0 saturated heterocycles. The quantitative estimate of drug-likeness (QED) is 0.308. The maximum absolute atomic E-state index is 11.6. The summed E-state index contributed by atoms with van der Waals surface area (Å²) in [6.07, 6.45) is 1.02. The number of hydrogen-bond donors (Lipinski definition) is 1. The van der Waals surface area contributed by atoms with Gasteiger partial charge >= 0.3 is 13.8 Å². The lowest BCUT2D eigenvalue weighted by Crippen LogP contribution is -2.29. The van der Waals surface area contributed by atoms with Crippen LogP contribution in [0.2, 0.25) is 0 Å². The minimum atomic E-state index is -3.68. The van der Waals surface area contributed by atoms with Crippen LogP contribution < -0.4 is 5.32 Å². The van der Waals surface area contributed by atoms with Crippen molar-refractivity contribution in [2.45, 2.75) is 13.8 Å². The molecule has 0 unspecified atom stereocenters. The van der Waals surface area contributed by atoms with Crippen molar-refractivity contribution < 1.29 is 32.5 Å². The molecule has 0 aromatic heterocycles. The number of ether oxygens (including phenoxy) is 1. The van der Waals surface area contributed by atoms with E-state index in [0.717, 1.165) is 20.3 Å². The standard InChI is InChI=1S/C10H18NO7P/c1-5-17-10(13)7-11-9(12)6-8(2)18-19(14,15-3)16-4/h6H,5,7H2,1-4H3,(H,11,12)/b8-6-. The Morgan fingerprint density at radius 2 is 1.84 bits per heavy atom. The molecule has 0 aromatic carbocycles.